The van der Waals surface area contributed by atoms with Crippen LogP contribution in [0.4, 0.5) is 0 Å². The van der Waals surface area contributed by atoms with Crippen molar-refractivity contribution in [3.05, 3.63) is 77.9 Å². The van der Waals surface area contributed by atoms with Crippen molar-refractivity contribution in [3.63, 3.8) is 0 Å². The lowest BCUT2D eigenvalue weighted by Crippen LogP contribution is -1.99. The molecule has 0 spiro atoms. The number of alkyl halides is 1. The Morgan fingerprint density at radius 3 is 2.00 bits per heavy atom. The van der Waals surface area contributed by atoms with Crippen molar-refractivity contribution in [3.8, 4) is 0 Å². The quantitative estimate of drug-likeness (QED) is 0.749. The number of benzene rings is 2. The Kier molecular flexibility index (Phi) is 8.30. The fourth-order valence-corrected chi connectivity index (χ4v) is 1.85. The van der Waals surface area contributed by atoms with E-state index in [1.807, 2.05) is 43.3 Å². The fraction of sp³-hybridized carbons (Fsp3) is 0.263. The van der Waals surface area contributed by atoms with E-state index in [2.05, 4.69) is 37.3 Å². The Balaban J connectivity index is 0.000000491. The molecule has 1 unspecified atom stereocenters. The van der Waals surface area contributed by atoms with E-state index in [-0.39, 0.29) is 0 Å². The van der Waals surface area contributed by atoms with Gasteiger partial charge in [0.15, 0.2) is 0 Å². The molecule has 21 heavy (non-hydrogen) atoms. The largest absolute Gasteiger partial charge is 0.398 e. The number of hydrogen-bond donors (Lipinski definition) is 1. The minimum atomic E-state index is 0.330. The highest BCUT2D eigenvalue weighted by Gasteiger charge is 2.03. The second-order valence-electron chi connectivity index (χ2n) is 4.88. The van der Waals surface area contributed by atoms with Crippen LogP contribution in [0.1, 0.15) is 37.3 Å². The first-order valence-electron chi connectivity index (χ1n) is 7.32. The molecule has 2 heteroatoms. The van der Waals surface area contributed by atoms with Crippen LogP contribution < -0.4 is 5.73 Å². The Morgan fingerprint density at radius 2 is 1.52 bits per heavy atom. The third-order valence-electron chi connectivity index (χ3n) is 3.05. The number of allylic oxidation sites excluding steroid dienone is 1. The number of halogens is 1. The summed E-state index contributed by atoms with van der Waals surface area (Å²) < 4.78 is 0. The Morgan fingerprint density at radius 1 is 1.05 bits per heavy atom. The van der Waals surface area contributed by atoms with Crippen molar-refractivity contribution in [1.82, 2.24) is 0 Å². The minimum absolute atomic E-state index is 0.330. The topological polar surface area (TPSA) is 26.0 Å². The van der Waals surface area contributed by atoms with Crippen molar-refractivity contribution in [2.45, 2.75) is 26.2 Å². The van der Waals surface area contributed by atoms with Gasteiger partial charge in [-0.3, -0.25) is 0 Å². The van der Waals surface area contributed by atoms with Crippen molar-refractivity contribution >= 4 is 17.3 Å². The molecule has 2 aromatic rings. The summed E-state index contributed by atoms with van der Waals surface area (Å²) in [6.45, 7) is 4.21. The van der Waals surface area contributed by atoms with Crippen molar-refractivity contribution in [2.24, 2.45) is 5.73 Å². The molecule has 0 amide bonds. The molecule has 0 fully saturated rings. The third-order valence-corrected chi connectivity index (χ3v) is 3.43. The molecule has 1 atom stereocenters. The highest BCUT2D eigenvalue weighted by atomic mass is 35.5. The standard InChI is InChI=1S/C16H17N.C3H7Cl/c1-13(14-8-4-2-5-9-14)12-16(17)15-10-6-3-7-11-15;1-2-3-4/h2-13H,17H2,1H3;2-3H2,1H3/b16-12-;. The van der Waals surface area contributed by atoms with Crippen molar-refractivity contribution < 1.29 is 0 Å². The molecule has 0 heterocycles. The van der Waals surface area contributed by atoms with E-state index >= 15 is 0 Å². The molecule has 0 radical (unpaired) electrons. The van der Waals surface area contributed by atoms with Crippen LogP contribution >= 0.6 is 11.6 Å². The Bertz CT molecular complexity index is 518. The first-order valence-corrected chi connectivity index (χ1v) is 7.86. The van der Waals surface area contributed by atoms with Gasteiger partial charge < -0.3 is 5.73 Å². The summed E-state index contributed by atoms with van der Waals surface area (Å²) in [4.78, 5) is 0. The lowest BCUT2D eigenvalue weighted by Gasteiger charge is -2.09. The zero-order chi connectivity index (χ0) is 15.5. The lowest BCUT2D eigenvalue weighted by atomic mass is 9.98. The summed E-state index contributed by atoms with van der Waals surface area (Å²) in [5, 5.41) is 0. The van der Waals surface area contributed by atoms with E-state index in [1.54, 1.807) is 0 Å². The van der Waals surface area contributed by atoms with E-state index in [1.165, 1.54) is 5.56 Å². The zero-order valence-corrected chi connectivity index (χ0v) is 13.6. The molecule has 112 valence electrons. The molecular weight excluding hydrogens is 278 g/mol. The van der Waals surface area contributed by atoms with Crippen LogP contribution in [0.2, 0.25) is 0 Å². The molecule has 0 aliphatic rings. The molecule has 2 N–H and O–H groups in total. The SMILES string of the molecule is CC(/C=C(\N)c1ccccc1)c1ccccc1.CCCCl. The molecule has 0 aromatic heterocycles. The highest BCUT2D eigenvalue weighted by molar-refractivity contribution is 6.17. The molecule has 0 aliphatic heterocycles. The second-order valence-corrected chi connectivity index (χ2v) is 5.25. The summed E-state index contributed by atoms with van der Waals surface area (Å²) in [5.41, 5.74) is 9.29. The van der Waals surface area contributed by atoms with Crippen molar-refractivity contribution in [1.29, 1.82) is 0 Å². The van der Waals surface area contributed by atoms with E-state index in [9.17, 15) is 0 Å². The Labute approximate surface area is 133 Å². The smallest absolute Gasteiger partial charge is 0.0353 e. The van der Waals surface area contributed by atoms with Crippen LogP contribution in [-0.2, 0) is 0 Å². The molecule has 0 aliphatic carbocycles. The number of rotatable bonds is 4. The predicted octanol–water partition coefficient (Wildman–Crippen LogP) is 5.43. The maximum atomic E-state index is 6.09. The fourth-order valence-electron chi connectivity index (χ4n) is 1.85. The van der Waals surface area contributed by atoms with Crippen LogP contribution in [0.15, 0.2) is 66.7 Å². The molecule has 1 nitrogen and oxygen atoms in total. The zero-order valence-electron chi connectivity index (χ0n) is 12.8. The van der Waals surface area contributed by atoms with Crippen LogP contribution in [0, 0.1) is 0 Å². The summed E-state index contributed by atoms with van der Waals surface area (Å²) in [6.07, 6.45) is 3.19. The maximum absolute atomic E-state index is 6.09. The van der Waals surface area contributed by atoms with E-state index < -0.39 is 0 Å². The van der Waals surface area contributed by atoms with Gasteiger partial charge in [-0.15, -0.1) is 11.6 Å². The van der Waals surface area contributed by atoms with Gasteiger partial charge >= 0.3 is 0 Å². The minimum Gasteiger partial charge on any atom is -0.398 e. The number of hydrogen-bond acceptors (Lipinski definition) is 1. The van der Waals surface area contributed by atoms with Gasteiger partial charge in [-0.05, 0) is 17.5 Å². The van der Waals surface area contributed by atoms with E-state index in [0.29, 0.717) is 5.92 Å². The van der Waals surface area contributed by atoms with Crippen LogP contribution in [0.5, 0.6) is 0 Å². The second kappa shape index (κ2) is 10.1. The van der Waals surface area contributed by atoms with Gasteiger partial charge in [0.2, 0.25) is 0 Å². The van der Waals surface area contributed by atoms with E-state index in [0.717, 1.165) is 23.6 Å². The first-order chi connectivity index (χ1) is 10.2. The third kappa shape index (κ3) is 6.50. The van der Waals surface area contributed by atoms with Gasteiger partial charge in [-0.25, -0.2) is 0 Å². The van der Waals surface area contributed by atoms with Gasteiger partial charge in [-0.2, -0.15) is 0 Å². The summed E-state index contributed by atoms with van der Waals surface area (Å²) in [6, 6.07) is 20.5. The van der Waals surface area contributed by atoms with Crippen LogP contribution in [0.25, 0.3) is 5.70 Å². The normalized spacial score (nSPS) is 12.2. The predicted molar refractivity (Wildman–Crippen MR) is 94.5 cm³/mol. The summed E-state index contributed by atoms with van der Waals surface area (Å²) >= 11 is 5.19. The molecule has 2 rings (SSSR count). The maximum Gasteiger partial charge on any atom is 0.0353 e. The highest BCUT2D eigenvalue weighted by Crippen LogP contribution is 2.19. The van der Waals surface area contributed by atoms with Crippen LogP contribution in [-0.4, -0.2) is 5.88 Å². The van der Waals surface area contributed by atoms with Gasteiger partial charge in [0, 0.05) is 17.5 Å². The Hall–Kier alpha value is -1.73. The first kappa shape index (κ1) is 17.3. The summed E-state index contributed by atoms with van der Waals surface area (Å²) in [7, 11) is 0. The monoisotopic (exact) mass is 301 g/mol. The molecular formula is C19H24ClN. The van der Waals surface area contributed by atoms with Gasteiger partial charge in [0.25, 0.3) is 0 Å². The van der Waals surface area contributed by atoms with Gasteiger partial charge in [-0.1, -0.05) is 80.6 Å². The summed E-state index contributed by atoms with van der Waals surface area (Å²) in [5.74, 6) is 1.12. The molecule has 0 bridgehead atoms. The van der Waals surface area contributed by atoms with E-state index in [4.69, 9.17) is 17.3 Å². The average molecular weight is 302 g/mol. The van der Waals surface area contributed by atoms with Gasteiger partial charge in [0.1, 0.15) is 0 Å². The van der Waals surface area contributed by atoms with Crippen LogP contribution in [0.3, 0.4) is 0 Å². The van der Waals surface area contributed by atoms with Crippen molar-refractivity contribution in [2.75, 3.05) is 5.88 Å². The van der Waals surface area contributed by atoms with Gasteiger partial charge in [0.05, 0.1) is 0 Å². The number of nitrogens with two attached hydrogens (primary N) is 1. The average Bonchev–Trinajstić information content (AvgIpc) is 2.56. The molecule has 0 saturated carbocycles. The molecule has 2 aromatic carbocycles. The lowest BCUT2D eigenvalue weighted by molar-refractivity contribution is 0.967. The molecule has 0 saturated heterocycles.